The molecule has 1 amide bonds. The first kappa shape index (κ1) is 20.2. The van der Waals surface area contributed by atoms with Gasteiger partial charge in [0.15, 0.2) is 0 Å². The lowest BCUT2D eigenvalue weighted by Gasteiger charge is -2.12. The molecule has 3 aromatic rings. The summed E-state index contributed by atoms with van der Waals surface area (Å²) < 4.78 is 10.6. The molecule has 0 bridgehead atoms. The van der Waals surface area contributed by atoms with Crippen molar-refractivity contribution < 1.29 is 14.3 Å². The maximum absolute atomic E-state index is 12.5. The van der Waals surface area contributed by atoms with Gasteiger partial charge in [0.25, 0.3) is 5.91 Å². The molecule has 0 fully saturated rings. The summed E-state index contributed by atoms with van der Waals surface area (Å²) in [7, 11) is 3.19. The van der Waals surface area contributed by atoms with E-state index in [2.05, 4.69) is 27.8 Å². The number of aromatic nitrogens is 1. The van der Waals surface area contributed by atoms with Crippen LogP contribution in [0.2, 0.25) is 0 Å². The Balaban J connectivity index is 1.58. The van der Waals surface area contributed by atoms with Crippen LogP contribution in [0.3, 0.4) is 0 Å². The molecule has 3 rings (SSSR count). The van der Waals surface area contributed by atoms with Crippen LogP contribution in [0.5, 0.6) is 11.5 Å². The number of nitrogens with zero attached hydrogens (tertiary/aromatic N) is 1. The van der Waals surface area contributed by atoms with E-state index in [-0.39, 0.29) is 5.91 Å². The summed E-state index contributed by atoms with van der Waals surface area (Å²) in [4.78, 5) is 16.8. The number of amides is 1. The highest BCUT2D eigenvalue weighted by atomic mass is 16.5. The van der Waals surface area contributed by atoms with E-state index in [1.165, 1.54) is 5.56 Å². The lowest BCUT2D eigenvalue weighted by atomic mass is 10.1. The van der Waals surface area contributed by atoms with Crippen LogP contribution in [0, 0.1) is 0 Å². The van der Waals surface area contributed by atoms with Gasteiger partial charge in [-0.3, -0.25) is 4.79 Å². The maximum atomic E-state index is 12.5. The number of ether oxygens (including phenoxy) is 2. The van der Waals surface area contributed by atoms with E-state index in [4.69, 9.17) is 9.47 Å². The van der Waals surface area contributed by atoms with Crippen LogP contribution in [0.1, 0.15) is 22.3 Å². The first-order valence-electron chi connectivity index (χ1n) is 9.47. The van der Waals surface area contributed by atoms with E-state index < -0.39 is 0 Å². The number of methoxy groups -OCH3 is 2. The maximum Gasteiger partial charge on any atom is 0.251 e. The molecule has 0 saturated heterocycles. The SMILES string of the molecule is COc1ccc(Nc2cc(C(=O)NCCCc3ccccc3)ccn2)c(OC)c1. The molecule has 1 heterocycles. The number of carbonyl (C=O) groups is 1. The van der Waals surface area contributed by atoms with Crippen molar-refractivity contribution in [2.45, 2.75) is 12.8 Å². The molecule has 6 heteroatoms. The highest BCUT2D eigenvalue weighted by Gasteiger charge is 2.09. The molecule has 0 aliphatic carbocycles. The van der Waals surface area contributed by atoms with Gasteiger partial charge < -0.3 is 20.1 Å². The Morgan fingerprint density at radius 2 is 1.83 bits per heavy atom. The second kappa shape index (κ2) is 10.1. The Kier molecular flexibility index (Phi) is 7.05. The number of rotatable bonds is 9. The fourth-order valence-electron chi connectivity index (χ4n) is 2.92. The summed E-state index contributed by atoms with van der Waals surface area (Å²) in [6, 6.07) is 19.1. The molecule has 29 heavy (non-hydrogen) atoms. The van der Waals surface area contributed by atoms with Gasteiger partial charge in [-0.25, -0.2) is 4.98 Å². The van der Waals surface area contributed by atoms with Crippen molar-refractivity contribution in [1.29, 1.82) is 0 Å². The second-order valence-electron chi connectivity index (χ2n) is 6.47. The summed E-state index contributed by atoms with van der Waals surface area (Å²) >= 11 is 0. The minimum atomic E-state index is -0.120. The zero-order valence-electron chi connectivity index (χ0n) is 16.6. The zero-order valence-corrected chi connectivity index (χ0v) is 16.6. The summed E-state index contributed by atoms with van der Waals surface area (Å²) in [6.45, 7) is 0.616. The van der Waals surface area contributed by atoms with Crippen LogP contribution < -0.4 is 20.1 Å². The van der Waals surface area contributed by atoms with Gasteiger partial charge in [-0.1, -0.05) is 30.3 Å². The van der Waals surface area contributed by atoms with E-state index >= 15 is 0 Å². The molecule has 0 aliphatic rings. The molecule has 0 aliphatic heterocycles. The highest BCUT2D eigenvalue weighted by Crippen LogP contribution is 2.31. The van der Waals surface area contributed by atoms with Crippen molar-refractivity contribution >= 4 is 17.4 Å². The third kappa shape index (κ3) is 5.72. The molecular formula is C23H25N3O3. The van der Waals surface area contributed by atoms with Gasteiger partial charge >= 0.3 is 0 Å². The molecule has 1 aromatic heterocycles. The number of anilines is 2. The van der Waals surface area contributed by atoms with E-state index in [0.717, 1.165) is 18.5 Å². The minimum absolute atomic E-state index is 0.120. The van der Waals surface area contributed by atoms with Gasteiger partial charge in [0.1, 0.15) is 17.3 Å². The summed E-state index contributed by atoms with van der Waals surface area (Å²) in [5.74, 6) is 1.77. The van der Waals surface area contributed by atoms with Gasteiger partial charge in [-0.2, -0.15) is 0 Å². The Hall–Kier alpha value is -3.54. The normalized spacial score (nSPS) is 10.3. The molecular weight excluding hydrogens is 366 g/mol. The molecule has 0 unspecified atom stereocenters. The molecule has 2 N–H and O–H groups in total. The number of hydrogen-bond acceptors (Lipinski definition) is 5. The molecule has 150 valence electrons. The standard InChI is InChI=1S/C23H25N3O3/c1-28-19-10-11-20(21(16-19)29-2)26-22-15-18(12-14-24-22)23(27)25-13-6-9-17-7-4-3-5-8-17/h3-5,7-8,10-12,14-16H,6,9,13H2,1-2H3,(H,24,26)(H,25,27). The molecule has 0 saturated carbocycles. The predicted octanol–water partition coefficient (Wildman–Crippen LogP) is 4.21. The van der Waals surface area contributed by atoms with Gasteiger partial charge in [0.2, 0.25) is 0 Å². The van der Waals surface area contributed by atoms with Gasteiger partial charge in [0, 0.05) is 24.4 Å². The monoisotopic (exact) mass is 391 g/mol. The first-order chi connectivity index (χ1) is 14.2. The van der Waals surface area contributed by atoms with Gasteiger partial charge in [0.05, 0.1) is 19.9 Å². The number of nitrogens with one attached hydrogen (secondary N) is 2. The van der Waals surface area contributed by atoms with Crippen molar-refractivity contribution in [1.82, 2.24) is 10.3 Å². The molecule has 2 aromatic carbocycles. The van der Waals surface area contributed by atoms with Crippen LogP contribution in [-0.2, 0) is 6.42 Å². The number of aryl methyl sites for hydroxylation is 1. The first-order valence-corrected chi connectivity index (χ1v) is 9.47. The number of carbonyl (C=O) groups excluding carboxylic acids is 1. The van der Waals surface area contributed by atoms with Crippen LogP contribution in [-0.4, -0.2) is 31.7 Å². The number of benzene rings is 2. The highest BCUT2D eigenvalue weighted by molar-refractivity contribution is 5.94. The van der Waals surface area contributed by atoms with Crippen LogP contribution in [0.4, 0.5) is 11.5 Å². The van der Waals surface area contributed by atoms with Crippen molar-refractivity contribution in [3.8, 4) is 11.5 Å². The topological polar surface area (TPSA) is 72.5 Å². The summed E-state index contributed by atoms with van der Waals surface area (Å²) in [5.41, 5.74) is 2.56. The fourth-order valence-corrected chi connectivity index (χ4v) is 2.92. The Morgan fingerprint density at radius 1 is 1.00 bits per heavy atom. The van der Waals surface area contributed by atoms with Crippen molar-refractivity contribution in [2.75, 3.05) is 26.1 Å². The Morgan fingerprint density at radius 3 is 2.59 bits per heavy atom. The van der Waals surface area contributed by atoms with E-state index in [9.17, 15) is 4.79 Å². The fraction of sp³-hybridized carbons (Fsp3) is 0.217. The summed E-state index contributed by atoms with van der Waals surface area (Å²) in [6.07, 6.45) is 3.42. The van der Waals surface area contributed by atoms with Crippen LogP contribution in [0.25, 0.3) is 0 Å². The molecule has 0 radical (unpaired) electrons. The Labute approximate surface area is 170 Å². The summed E-state index contributed by atoms with van der Waals surface area (Å²) in [5, 5.41) is 6.15. The predicted molar refractivity (Wildman–Crippen MR) is 114 cm³/mol. The van der Waals surface area contributed by atoms with Crippen LogP contribution in [0.15, 0.2) is 66.9 Å². The second-order valence-corrected chi connectivity index (χ2v) is 6.47. The zero-order chi connectivity index (χ0) is 20.5. The molecule has 6 nitrogen and oxygen atoms in total. The smallest absolute Gasteiger partial charge is 0.251 e. The van der Waals surface area contributed by atoms with Crippen LogP contribution >= 0.6 is 0 Å². The van der Waals surface area contributed by atoms with E-state index in [0.29, 0.717) is 29.4 Å². The number of hydrogen-bond donors (Lipinski definition) is 2. The Bertz CT molecular complexity index is 945. The average molecular weight is 391 g/mol. The van der Waals surface area contributed by atoms with Crippen molar-refractivity contribution in [3.05, 3.63) is 78.0 Å². The lowest BCUT2D eigenvalue weighted by molar-refractivity contribution is 0.0953. The van der Waals surface area contributed by atoms with Gasteiger partial charge in [-0.15, -0.1) is 0 Å². The third-order valence-corrected chi connectivity index (χ3v) is 4.46. The van der Waals surface area contributed by atoms with E-state index in [1.54, 1.807) is 38.6 Å². The third-order valence-electron chi connectivity index (χ3n) is 4.46. The van der Waals surface area contributed by atoms with Crippen molar-refractivity contribution in [3.63, 3.8) is 0 Å². The minimum Gasteiger partial charge on any atom is -0.497 e. The van der Waals surface area contributed by atoms with E-state index in [1.807, 2.05) is 30.3 Å². The molecule has 0 atom stereocenters. The largest absolute Gasteiger partial charge is 0.497 e. The van der Waals surface area contributed by atoms with Crippen molar-refractivity contribution in [2.24, 2.45) is 0 Å². The lowest BCUT2D eigenvalue weighted by Crippen LogP contribution is -2.24. The molecule has 0 spiro atoms. The number of pyridine rings is 1. The quantitative estimate of drug-likeness (QED) is 0.535. The average Bonchev–Trinajstić information content (AvgIpc) is 2.77. The van der Waals surface area contributed by atoms with Gasteiger partial charge in [-0.05, 0) is 42.7 Å².